The highest BCUT2D eigenvalue weighted by atomic mass is 16.4. The van der Waals surface area contributed by atoms with Gasteiger partial charge in [-0.25, -0.2) is 4.79 Å². The Kier molecular flexibility index (Phi) is 8.64. The van der Waals surface area contributed by atoms with Gasteiger partial charge < -0.3 is 20.2 Å². The molecule has 1 saturated heterocycles. The predicted molar refractivity (Wildman–Crippen MR) is 186 cm³/mol. The monoisotopic (exact) mass is 661 g/mol. The number of carboxylic acid groups (broad SMARTS) is 1. The second kappa shape index (κ2) is 11.9. The van der Waals surface area contributed by atoms with Crippen molar-refractivity contribution in [1.82, 2.24) is 15.1 Å². The summed E-state index contributed by atoms with van der Waals surface area (Å²) in [6.45, 7) is 13.2. The standard InChI is InChI=1S/C40H59N3O5/c1-8-37(16-17-37)32(42(7)30(44)23-27(2)3)38(24-28(38)4)26-31(45)43-22-12-15-36(43,6)40(20-21-40)39(18-19-39)33(46)41-35(5,34(47)48)25-29-13-10-9-11-14-29/h9-11,13-14,27-28,32H,8,12,15-26H2,1-7H3,(H,41,46)(H,47,48). The summed E-state index contributed by atoms with van der Waals surface area (Å²) < 4.78 is 0. The van der Waals surface area contributed by atoms with Gasteiger partial charge >= 0.3 is 5.97 Å². The minimum absolute atomic E-state index is 0.0582. The number of nitrogens with one attached hydrogen (secondary N) is 1. The maximum Gasteiger partial charge on any atom is 0.329 e. The van der Waals surface area contributed by atoms with Crippen molar-refractivity contribution in [2.45, 2.75) is 142 Å². The van der Waals surface area contributed by atoms with Crippen LogP contribution in [0.1, 0.15) is 124 Å². The van der Waals surface area contributed by atoms with E-state index in [-0.39, 0.29) is 52.3 Å². The number of carboxylic acids is 1. The third-order valence-corrected chi connectivity index (χ3v) is 14.2. The van der Waals surface area contributed by atoms with E-state index < -0.39 is 22.5 Å². The molecule has 4 aliphatic carbocycles. The summed E-state index contributed by atoms with van der Waals surface area (Å²) in [5.41, 5.74) is -2.18. The first kappa shape index (κ1) is 34.9. The molecule has 1 heterocycles. The summed E-state index contributed by atoms with van der Waals surface area (Å²) in [6.07, 6.45) is 10.3. The molecule has 1 aromatic rings. The van der Waals surface area contributed by atoms with Gasteiger partial charge in [0.25, 0.3) is 0 Å². The minimum atomic E-state index is -1.43. The predicted octanol–water partition coefficient (Wildman–Crippen LogP) is 6.61. The molecule has 8 heteroatoms. The Bertz CT molecular complexity index is 1450. The Morgan fingerprint density at radius 3 is 2.15 bits per heavy atom. The lowest BCUT2D eigenvalue weighted by Crippen LogP contribution is -2.61. The Labute approximate surface area is 287 Å². The molecule has 6 rings (SSSR count). The van der Waals surface area contributed by atoms with Crippen LogP contribution in [0, 0.1) is 33.5 Å². The number of carbonyl (C=O) groups excluding carboxylic acids is 3. The molecule has 0 spiro atoms. The van der Waals surface area contributed by atoms with Crippen LogP contribution < -0.4 is 5.32 Å². The fraction of sp³-hybridized carbons (Fsp3) is 0.750. The highest BCUT2D eigenvalue weighted by Crippen LogP contribution is 2.77. The van der Waals surface area contributed by atoms with Crippen LogP contribution in [0.2, 0.25) is 0 Å². The molecule has 5 fully saturated rings. The van der Waals surface area contributed by atoms with Crippen molar-refractivity contribution in [2.75, 3.05) is 13.6 Å². The van der Waals surface area contributed by atoms with Crippen molar-refractivity contribution in [1.29, 1.82) is 0 Å². The summed E-state index contributed by atoms with van der Waals surface area (Å²) in [4.78, 5) is 59.4. The highest BCUT2D eigenvalue weighted by Gasteiger charge is 2.78. The zero-order valence-corrected chi connectivity index (χ0v) is 30.5. The minimum Gasteiger partial charge on any atom is -0.480 e. The summed E-state index contributed by atoms with van der Waals surface area (Å²) in [5.74, 6) is -0.205. The summed E-state index contributed by atoms with van der Waals surface area (Å²) >= 11 is 0. The number of aliphatic carboxylic acids is 1. The van der Waals surface area contributed by atoms with E-state index >= 15 is 0 Å². The number of likely N-dealkylation sites (tertiary alicyclic amines) is 1. The van der Waals surface area contributed by atoms with Gasteiger partial charge in [0.05, 0.1) is 5.41 Å². The normalized spacial score (nSPS) is 30.6. The van der Waals surface area contributed by atoms with Gasteiger partial charge in [-0.15, -0.1) is 0 Å². The topological polar surface area (TPSA) is 107 Å². The van der Waals surface area contributed by atoms with Crippen LogP contribution in [0.15, 0.2) is 30.3 Å². The number of hydrogen-bond acceptors (Lipinski definition) is 4. The number of hydrogen-bond donors (Lipinski definition) is 2. The average molecular weight is 662 g/mol. The molecule has 8 nitrogen and oxygen atoms in total. The van der Waals surface area contributed by atoms with Crippen LogP contribution >= 0.6 is 0 Å². The van der Waals surface area contributed by atoms with Crippen LogP contribution in [0.4, 0.5) is 0 Å². The van der Waals surface area contributed by atoms with Gasteiger partial charge in [0, 0.05) is 55.3 Å². The average Bonchev–Trinajstić information content (AvgIpc) is 3.85. The van der Waals surface area contributed by atoms with E-state index in [1.165, 1.54) is 0 Å². The van der Waals surface area contributed by atoms with E-state index in [0.717, 1.165) is 69.8 Å². The lowest BCUT2D eigenvalue weighted by molar-refractivity contribution is -0.151. The fourth-order valence-electron chi connectivity index (χ4n) is 10.8. The number of rotatable bonds is 15. The smallest absolute Gasteiger partial charge is 0.329 e. The van der Waals surface area contributed by atoms with Crippen molar-refractivity contribution in [2.24, 2.45) is 33.5 Å². The molecule has 2 N–H and O–H groups in total. The maximum absolute atomic E-state index is 14.7. The maximum atomic E-state index is 14.7. The lowest BCUT2D eigenvalue weighted by atomic mass is 9.68. The van der Waals surface area contributed by atoms with Gasteiger partial charge in [0.2, 0.25) is 17.7 Å². The van der Waals surface area contributed by atoms with Crippen molar-refractivity contribution in [3.63, 3.8) is 0 Å². The van der Waals surface area contributed by atoms with Crippen LogP contribution in [0.25, 0.3) is 0 Å². The SMILES string of the molecule is CCC1(C(N(C)C(=O)CC(C)C)C2(CC(=O)N3CCCC3(C)C3(C4(C(=O)NC(C)(Cc5ccccc5)C(=O)O)CC4)CC3)CC2C)CC1. The molecule has 264 valence electrons. The Morgan fingerprint density at radius 1 is 1.04 bits per heavy atom. The molecule has 0 aromatic heterocycles. The van der Waals surface area contributed by atoms with Gasteiger partial charge in [-0.2, -0.15) is 0 Å². The lowest BCUT2D eigenvalue weighted by Gasteiger charge is -2.48. The molecular formula is C40H59N3O5. The van der Waals surface area contributed by atoms with Gasteiger partial charge in [-0.05, 0) is 101 Å². The van der Waals surface area contributed by atoms with Crippen molar-refractivity contribution < 1.29 is 24.3 Å². The molecule has 1 aliphatic heterocycles. The van der Waals surface area contributed by atoms with Gasteiger partial charge in [-0.3, -0.25) is 14.4 Å². The van der Waals surface area contributed by atoms with E-state index in [1.54, 1.807) is 6.92 Å². The molecule has 5 unspecified atom stereocenters. The first-order valence-electron chi connectivity index (χ1n) is 18.7. The molecule has 0 radical (unpaired) electrons. The van der Waals surface area contributed by atoms with Crippen molar-refractivity contribution in [3.05, 3.63) is 35.9 Å². The quantitative estimate of drug-likeness (QED) is 0.220. The molecule has 3 amide bonds. The summed E-state index contributed by atoms with van der Waals surface area (Å²) in [5, 5.41) is 13.3. The Balaban J connectivity index is 1.24. The van der Waals surface area contributed by atoms with Crippen molar-refractivity contribution in [3.8, 4) is 0 Å². The third-order valence-electron chi connectivity index (χ3n) is 14.2. The van der Waals surface area contributed by atoms with Crippen LogP contribution in [-0.2, 0) is 25.6 Å². The van der Waals surface area contributed by atoms with Crippen LogP contribution in [0.5, 0.6) is 0 Å². The molecule has 5 aliphatic rings. The molecule has 0 bridgehead atoms. The number of nitrogens with zero attached hydrogens (tertiary/aromatic N) is 2. The third kappa shape index (κ3) is 5.48. The van der Waals surface area contributed by atoms with E-state index in [0.29, 0.717) is 25.3 Å². The van der Waals surface area contributed by atoms with Crippen LogP contribution in [0.3, 0.4) is 0 Å². The summed E-state index contributed by atoms with van der Waals surface area (Å²) in [6, 6.07) is 9.52. The van der Waals surface area contributed by atoms with Gasteiger partial charge in [-0.1, -0.05) is 58.0 Å². The second-order valence-corrected chi connectivity index (χ2v) is 17.6. The number of benzene rings is 1. The number of carbonyl (C=O) groups is 4. The molecular weight excluding hydrogens is 602 g/mol. The number of amides is 3. The van der Waals surface area contributed by atoms with Crippen LogP contribution in [-0.4, -0.2) is 69.3 Å². The first-order chi connectivity index (χ1) is 22.6. The molecule has 48 heavy (non-hydrogen) atoms. The van der Waals surface area contributed by atoms with Gasteiger partial charge in [0.1, 0.15) is 5.54 Å². The first-order valence-corrected chi connectivity index (χ1v) is 18.7. The Morgan fingerprint density at radius 2 is 1.67 bits per heavy atom. The van der Waals surface area contributed by atoms with E-state index in [4.69, 9.17) is 0 Å². The van der Waals surface area contributed by atoms with E-state index in [1.807, 2.05) is 42.3 Å². The van der Waals surface area contributed by atoms with Gasteiger partial charge in [0.15, 0.2) is 0 Å². The fourth-order valence-corrected chi connectivity index (χ4v) is 10.8. The summed E-state index contributed by atoms with van der Waals surface area (Å²) in [7, 11) is 1.99. The zero-order valence-electron chi connectivity index (χ0n) is 30.5. The molecule has 1 aromatic carbocycles. The highest BCUT2D eigenvalue weighted by molar-refractivity contribution is 5.93. The second-order valence-electron chi connectivity index (χ2n) is 17.6. The van der Waals surface area contributed by atoms with E-state index in [9.17, 15) is 24.3 Å². The van der Waals surface area contributed by atoms with Crippen molar-refractivity contribution >= 4 is 23.7 Å². The molecule has 4 saturated carbocycles. The Hall–Kier alpha value is -2.90. The zero-order chi connectivity index (χ0) is 34.9. The molecule has 5 atom stereocenters. The van der Waals surface area contributed by atoms with E-state index in [2.05, 4.69) is 44.8 Å². The largest absolute Gasteiger partial charge is 0.480 e.